The van der Waals surface area contributed by atoms with E-state index < -0.39 is 0 Å². The molecular weight excluding hydrogens is 751 g/mol. The number of hydrogen-bond donors (Lipinski definition) is 0. The Labute approximate surface area is 360 Å². The Morgan fingerprint density at radius 3 is 1.48 bits per heavy atom. The fourth-order valence-electron chi connectivity index (χ4n) is 9.50. The summed E-state index contributed by atoms with van der Waals surface area (Å²) in [7, 11) is 0. The Morgan fingerprint density at radius 2 is 0.790 bits per heavy atom. The summed E-state index contributed by atoms with van der Waals surface area (Å²) in [5, 5.41) is 9.63. The van der Waals surface area contributed by atoms with Crippen molar-refractivity contribution in [2.75, 3.05) is 4.90 Å². The van der Waals surface area contributed by atoms with Crippen molar-refractivity contribution < 1.29 is 4.42 Å². The van der Waals surface area contributed by atoms with Gasteiger partial charge in [-0.05, 0) is 108 Å². The molecule has 1 aromatic heterocycles. The van der Waals surface area contributed by atoms with Crippen molar-refractivity contribution in [1.29, 1.82) is 0 Å². The van der Waals surface area contributed by atoms with E-state index in [1.807, 2.05) is 6.07 Å². The van der Waals surface area contributed by atoms with Crippen LogP contribution < -0.4 is 4.90 Å². The monoisotopic (exact) mass is 789 g/mol. The zero-order valence-corrected chi connectivity index (χ0v) is 33.9. The Morgan fingerprint density at radius 1 is 0.290 bits per heavy atom. The molecule has 0 unspecified atom stereocenters. The molecule has 62 heavy (non-hydrogen) atoms. The van der Waals surface area contributed by atoms with Gasteiger partial charge in [-0.25, -0.2) is 0 Å². The van der Waals surface area contributed by atoms with Crippen LogP contribution in [0.15, 0.2) is 241 Å². The van der Waals surface area contributed by atoms with Crippen LogP contribution in [0.25, 0.3) is 98.8 Å². The summed E-state index contributed by atoms with van der Waals surface area (Å²) in [5.41, 5.74) is 14.5. The van der Waals surface area contributed by atoms with Gasteiger partial charge in [0.05, 0.1) is 5.69 Å². The van der Waals surface area contributed by atoms with Gasteiger partial charge in [0.25, 0.3) is 0 Å². The van der Waals surface area contributed by atoms with Crippen LogP contribution >= 0.6 is 0 Å². The Bertz CT molecular complexity index is 3600. The molecule has 0 N–H and O–H groups in total. The first-order chi connectivity index (χ1) is 30.7. The molecule has 0 aliphatic carbocycles. The lowest BCUT2D eigenvalue weighted by Gasteiger charge is -2.28. The van der Waals surface area contributed by atoms with Crippen LogP contribution in [-0.2, 0) is 0 Å². The summed E-state index contributed by atoms with van der Waals surface area (Å²) in [5.74, 6) is 0. The van der Waals surface area contributed by atoms with Gasteiger partial charge < -0.3 is 9.32 Å². The molecule has 12 rings (SSSR count). The molecule has 0 fully saturated rings. The summed E-state index contributed by atoms with van der Waals surface area (Å²) in [6.07, 6.45) is 0. The first-order valence-corrected chi connectivity index (χ1v) is 21.2. The number of rotatable bonds is 7. The van der Waals surface area contributed by atoms with Crippen molar-refractivity contribution in [2.24, 2.45) is 0 Å². The van der Waals surface area contributed by atoms with E-state index >= 15 is 0 Å². The van der Waals surface area contributed by atoms with Crippen molar-refractivity contribution in [3.8, 4) is 44.5 Å². The third-order valence-electron chi connectivity index (χ3n) is 12.5. The number of benzene rings is 11. The first-order valence-electron chi connectivity index (χ1n) is 21.2. The molecule has 11 aromatic carbocycles. The zero-order valence-electron chi connectivity index (χ0n) is 33.9. The van der Waals surface area contributed by atoms with Crippen LogP contribution in [0, 0.1) is 0 Å². The number of furan rings is 1. The molecule has 0 saturated carbocycles. The van der Waals surface area contributed by atoms with Gasteiger partial charge in [-0.3, -0.25) is 0 Å². The van der Waals surface area contributed by atoms with Crippen molar-refractivity contribution >= 4 is 71.3 Å². The number of hydrogen-bond acceptors (Lipinski definition) is 2. The van der Waals surface area contributed by atoms with Crippen LogP contribution in [0.1, 0.15) is 0 Å². The van der Waals surface area contributed by atoms with Gasteiger partial charge in [0.1, 0.15) is 11.2 Å². The molecule has 290 valence electrons. The zero-order chi connectivity index (χ0) is 41.0. The molecule has 2 nitrogen and oxygen atoms in total. The third-order valence-corrected chi connectivity index (χ3v) is 12.5. The van der Waals surface area contributed by atoms with Gasteiger partial charge in [0, 0.05) is 33.1 Å². The van der Waals surface area contributed by atoms with Gasteiger partial charge in [0.15, 0.2) is 0 Å². The number of nitrogens with zero attached hydrogens (tertiary/aromatic N) is 1. The highest BCUT2D eigenvalue weighted by Crippen LogP contribution is 2.44. The van der Waals surface area contributed by atoms with Gasteiger partial charge >= 0.3 is 0 Å². The fraction of sp³-hybridized carbons (Fsp3) is 0. The molecule has 12 aromatic rings. The van der Waals surface area contributed by atoms with Gasteiger partial charge in [-0.2, -0.15) is 0 Å². The maximum absolute atomic E-state index is 6.52. The minimum absolute atomic E-state index is 0.890. The average Bonchev–Trinajstić information content (AvgIpc) is 3.73. The van der Waals surface area contributed by atoms with Crippen LogP contribution in [0.5, 0.6) is 0 Å². The van der Waals surface area contributed by atoms with E-state index in [0.717, 1.165) is 61.3 Å². The molecule has 0 spiro atoms. The molecule has 0 radical (unpaired) electrons. The highest BCUT2D eigenvalue weighted by molar-refractivity contribution is 6.15. The number of para-hydroxylation sites is 1. The minimum atomic E-state index is 0.890. The van der Waals surface area contributed by atoms with Crippen LogP contribution in [0.4, 0.5) is 17.1 Å². The summed E-state index contributed by atoms with van der Waals surface area (Å²) in [4.78, 5) is 2.42. The van der Waals surface area contributed by atoms with Gasteiger partial charge in [0.2, 0.25) is 0 Å². The van der Waals surface area contributed by atoms with Crippen LogP contribution in [0.2, 0.25) is 0 Å². The average molecular weight is 790 g/mol. The standard InChI is InChI=1S/C60H39NO/c1-3-14-41(15-4-1)50-24-11-19-44-20-12-25-51(59(44)50)43-30-35-48(36-31-43)61(57-39-46-18-7-8-21-49(46)53-22-9-10-23-54(53)57)47-33-28-40(29-34-47)45-32-37-58-56(38-45)55-27-13-26-52(60(55)62-58)42-16-5-2-6-17-42/h1-39H. The SMILES string of the molecule is c1ccc(-c2cccc3c2oc2ccc(-c4ccc(N(c5ccc(-c6cccc7cccc(-c8ccccc8)c67)cc5)c5cc6ccccc6c6ccccc56)cc4)cc23)cc1. The number of fused-ring (bicyclic) bond motifs is 7. The van der Waals surface area contributed by atoms with Crippen molar-refractivity contribution in [3.63, 3.8) is 0 Å². The molecule has 0 amide bonds. The minimum Gasteiger partial charge on any atom is -0.455 e. The summed E-state index contributed by atoms with van der Waals surface area (Å²) in [6.45, 7) is 0. The number of anilines is 3. The van der Waals surface area contributed by atoms with Crippen molar-refractivity contribution in [2.45, 2.75) is 0 Å². The molecule has 0 saturated heterocycles. The topological polar surface area (TPSA) is 16.4 Å². The Balaban J connectivity index is 0.981. The Kier molecular flexibility index (Phi) is 8.53. The molecule has 0 atom stereocenters. The van der Waals surface area contributed by atoms with Crippen LogP contribution in [-0.4, -0.2) is 0 Å². The predicted octanol–water partition coefficient (Wildman–Crippen LogP) is 17.2. The maximum atomic E-state index is 6.52. The summed E-state index contributed by atoms with van der Waals surface area (Å²) >= 11 is 0. The molecule has 2 heteroatoms. The second kappa shape index (κ2) is 14.8. The van der Waals surface area contributed by atoms with E-state index in [2.05, 4.69) is 235 Å². The molecule has 0 aliphatic heterocycles. The summed E-state index contributed by atoms with van der Waals surface area (Å²) in [6, 6.07) is 85.4. The maximum Gasteiger partial charge on any atom is 0.143 e. The lowest BCUT2D eigenvalue weighted by Crippen LogP contribution is -2.10. The van der Waals surface area contributed by atoms with Crippen molar-refractivity contribution in [1.82, 2.24) is 0 Å². The Hall–Kier alpha value is -8.20. The molecule has 1 heterocycles. The predicted molar refractivity (Wildman–Crippen MR) is 263 cm³/mol. The van der Waals surface area contributed by atoms with E-state index in [-0.39, 0.29) is 0 Å². The van der Waals surface area contributed by atoms with Gasteiger partial charge in [-0.1, -0.05) is 194 Å². The van der Waals surface area contributed by atoms with E-state index in [9.17, 15) is 0 Å². The van der Waals surface area contributed by atoms with E-state index in [4.69, 9.17) is 4.42 Å². The van der Waals surface area contributed by atoms with E-state index in [1.165, 1.54) is 54.6 Å². The van der Waals surface area contributed by atoms with Gasteiger partial charge in [-0.15, -0.1) is 0 Å². The highest BCUT2D eigenvalue weighted by Gasteiger charge is 2.19. The second-order valence-electron chi connectivity index (χ2n) is 16.0. The van der Waals surface area contributed by atoms with E-state index in [0.29, 0.717) is 0 Å². The smallest absolute Gasteiger partial charge is 0.143 e. The molecular formula is C60H39NO. The third kappa shape index (κ3) is 6.04. The van der Waals surface area contributed by atoms with Crippen molar-refractivity contribution in [3.05, 3.63) is 237 Å². The lowest BCUT2D eigenvalue weighted by molar-refractivity contribution is 0.670. The first kappa shape index (κ1) is 35.7. The molecule has 0 aliphatic rings. The largest absolute Gasteiger partial charge is 0.455 e. The lowest BCUT2D eigenvalue weighted by atomic mass is 9.91. The quantitative estimate of drug-likeness (QED) is 0.150. The fourth-order valence-corrected chi connectivity index (χ4v) is 9.50. The molecule has 0 bridgehead atoms. The summed E-state index contributed by atoms with van der Waals surface area (Å²) < 4.78 is 6.52. The normalized spacial score (nSPS) is 11.5. The van der Waals surface area contributed by atoms with E-state index in [1.54, 1.807) is 0 Å². The highest BCUT2D eigenvalue weighted by atomic mass is 16.3. The second-order valence-corrected chi connectivity index (χ2v) is 16.0. The van der Waals surface area contributed by atoms with Crippen LogP contribution in [0.3, 0.4) is 0 Å².